The number of ketones is 1. The molecule has 6 nitrogen and oxygen atoms in total. The number of carbonyl (C=O) groups excluding carboxylic acids is 2. The highest BCUT2D eigenvalue weighted by atomic mass is 19.2. The van der Waals surface area contributed by atoms with Crippen molar-refractivity contribution in [2.24, 2.45) is 0 Å². The van der Waals surface area contributed by atoms with Gasteiger partial charge in [0.2, 0.25) is 5.78 Å². The SMILES string of the molecule is CCOC(=O)/C(=C\NCC(OC)OC)C(=O)c1cc(F)c(F)c(F)c1F. The fourth-order valence-electron chi connectivity index (χ4n) is 1.83. The zero-order valence-corrected chi connectivity index (χ0v) is 14.2. The Morgan fingerprint density at radius 3 is 2.27 bits per heavy atom. The summed E-state index contributed by atoms with van der Waals surface area (Å²) in [6.07, 6.45) is 0.131. The molecule has 0 fully saturated rings. The molecular formula is C16H17F4NO5. The number of rotatable bonds is 9. The minimum absolute atomic E-state index is 0.0161. The van der Waals surface area contributed by atoms with Crippen LogP contribution in [0.5, 0.6) is 0 Å². The summed E-state index contributed by atoms with van der Waals surface area (Å²) in [6.45, 7) is 1.33. The van der Waals surface area contributed by atoms with Gasteiger partial charge in [-0.25, -0.2) is 22.4 Å². The summed E-state index contributed by atoms with van der Waals surface area (Å²) in [4.78, 5) is 24.3. The number of esters is 1. The predicted molar refractivity (Wildman–Crippen MR) is 81.1 cm³/mol. The molecule has 0 aliphatic carbocycles. The summed E-state index contributed by atoms with van der Waals surface area (Å²) in [5, 5.41) is 2.52. The van der Waals surface area contributed by atoms with Crippen LogP contribution in [0.2, 0.25) is 0 Å². The Bertz CT molecular complexity index is 704. The maximum Gasteiger partial charge on any atom is 0.343 e. The lowest BCUT2D eigenvalue weighted by Gasteiger charge is -2.14. The monoisotopic (exact) mass is 379 g/mol. The Hall–Kier alpha value is -2.46. The molecule has 1 rings (SSSR count). The number of halogens is 4. The Kier molecular flexibility index (Phi) is 8.20. The van der Waals surface area contributed by atoms with Crippen molar-refractivity contribution < 1.29 is 41.4 Å². The van der Waals surface area contributed by atoms with Crippen molar-refractivity contribution in [1.82, 2.24) is 5.32 Å². The second kappa shape index (κ2) is 9.88. The van der Waals surface area contributed by atoms with Gasteiger partial charge >= 0.3 is 5.97 Å². The fourth-order valence-corrected chi connectivity index (χ4v) is 1.83. The van der Waals surface area contributed by atoms with Crippen molar-refractivity contribution in [3.05, 3.63) is 46.7 Å². The lowest BCUT2D eigenvalue weighted by molar-refractivity contribution is -0.138. The second-order valence-electron chi connectivity index (χ2n) is 4.76. The number of benzene rings is 1. The van der Waals surface area contributed by atoms with Crippen LogP contribution in [0.3, 0.4) is 0 Å². The van der Waals surface area contributed by atoms with E-state index < -0.39 is 52.4 Å². The van der Waals surface area contributed by atoms with E-state index in [9.17, 15) is 27.2 Å². The molecule has 0 aromatic heterocycles. The first kappa shape index (κ1) is 21.6. The van der Waals surface area contributed by atoms with Crippen LogP contribution in [0.15, 0.2) is 17.8 Å². The highest BCUT2D eigenvalue weighted by molar-refractivity contribution is 6.24. The normalized spacial score (nSPS) is 11.6. The van der Waals surface area contributed by atoms with Crippen LogP contribution in [-0.4, -0.2) is 45.4 Å². The van der Waals surface area contributed by atoms with Crippen molar-refractivity contribution in [3.8, 4) is 0 Å². The summed E-state index contributed by atoms with van der Waals surface area (Å²) in [7, 11) is 2.69. The molecule has 0 bridgehead atoms. The quantitative estimate of drug-likeness (QED) is 0.0815. The molecule has 0 aliphatic rings. The summed E-state index contributed by atoms with van der Waals surface area (Å²) >= 11 is 0. The van der Waals surface area contributed by atoms with Gasteiger partial charge in [-0.05, 0) is 13.0 Å². The number of hydrogen-bond donors (Lipinski definition) is 1. The Morgan fingerprint density at radius 1 is 1.12 bits per heavy atom. The molecule has 0 amide bonds. The zero-order valence-electron chi connectivity index (χ0n) is 14.2. The van der Waals surface area contributed by atoms with Crippen molar-refractivity contribution in [1.29, 1.82) is 0 Å². The highest BCUT2D eigenvalue weighted by Crippen LogP contribution is 2.21. The van der Waals surface area contributed by atoms with Crippen LogP contribution >= 0.6 is 0 Å². The summed E-state index contributed by atoms with van der Waals surface area (Å²) in [5.74, 6) is -10.5. The molecule has 1 N–H and O–H groups in total. The van der Waals surface area contributed by atoms with Gasteiger partial charge < -0.3 is 19.5 Å². The lowest BCUT2D eigenvalue weighted by Crippen LogP contribution is -2.28. The summed E-state index contributed by atoms with van der Waals surface area (Å²) < 4.78 is 68.0. The van der Waals surface area contributed by atoms with Gasteiger partial charge in [0.15, 0.2) is 29.6 Å². The van der Waals surface area contributed by atoms with Gasteiger partial charge in [0.25, 0.3) is 0 Å². The van der Waals surface area contributed by atoms with E-state index in [1.54, 1.807) is 0 Å². The maximum absolute atomic E-state index is 13.8. The van der Waals surface area contributed by atoms with Gasteiger partial charge in [-0.3, -0.25) is 4.79 Å². The molecule has 0 atom stereocenters. The third kappa shape index (κ3) is 5.02. The van der Waals surface area contributed by atoms with Crippen molar-refractivity contribution >= 4 is 11.8 Å². The molecule has 144 valence electrons. The smallest absolute Gasteiger partial charge is 0.343 e. The van der Waals surface area contributed by atoms with Crippen LogP contribution in [0.25, 0.3) is 0 Å². The van der Waals surface area contributed by atoms with Crippen molar-refractivity contribution in [2.45, 2.75) is 13.2 Å². The van der Waals surface area contributed by atoms with E-state index in [4.69, 9.17) is 9.47 Å². The molecule has 1 aromatic rings. The molecule has 0 saturated carbocycles. The van der Waals surface area contributed by atoms with Crippen molar-refractivity contribution in [2.75, 3.05) is 27.4 Å². The summed E-state index contributed by atoms with van der Waals surface area (Å²) in [6, 6.07) is 0.163. The molecule has 10 heteroatoms. The maximum atomic E-state index is 13.8. The van der Waals surface area contributed by atoms with E-state index in [1.165, 1.54) is 21.1 Å². The zero-order chi connectivity index (χ0) is 19.9. The van der Waals surface area contributed by atoms with E-state index in [0.29, 0.717) is 0 Å². The number of methoxy groups -OCH3 is 2. The van der Waals surface area contributed by atoms with E-state index in [0.717, 1.165) is 6.20 Å². The van der Waals surface area contributed by atoms with E-state index >= 15 is 0 Å². The van der Waals surface area contributed by atoms with Gasteiger partial charge in [0.05, 0.1) is 18.7 Å². The second-order valence-corrected chi connectivity index (χ2v) is 4.76. The molecule has 1 aromatic carbocycles. The Morgan fingerprint density at radius 2 is 1.73 bits per heavy atom. The van der Waals surface area contributed by atoms with Crippen LogP contribution in [0, 0.1) is 23.3 Å². The number of Topliss-reactive ketones (excluding diaryl/α,β-unsaturated/α-hetero) is 1. The van der Waals surface area contributed by atoms with Gasteiger partial charge in [-0.15, -0.1) is 0 Å². The van der Waals surface area contributed by atoms with Crippen LogP contribution in [0.1, 0.15) is 17.3 Å². The van der Waals surface area contributed by atoms with Crippen LogP contribution in [0.4, 0.5) is 17.6 Å². The van der Waals surface area contributed by atoms with Crippen LogP contribution in [-0.2, 0) is 19.0 Å². The minimum atomic E-state index is -2.16. The number of ether oxygens (including phenoxy) is 3. The van der Waals surface area contributed by atoms with Gasteiger partial charge in [-0.1, -0.05) is 0 Å². The first-order valence-electron chi connectivity index (χ1n) is 7.32. The van der Waals surface area contributed by atoms with Gasteiger partial charge in [0, 0.05) is 20.4 Å². The fraction of sp³-hybridized carbons (Fsp3) is 0.375. The van der Waals surface area contributed by atoms with E-state index in [2.05, 4.69) is 10.1 Å². The Labute approximate surface area is 146 Å². The standard InChI is InChI=1S/C16H17F4NO5/c1-4-26-16(23)9(6-21-7-11(24-2)25-3)15(22)8-5-10(17)13(19)14(20)12(8)18/h5-6,11,21H,4,7H2,1-3H3/b9-6-. The first-order chi connectivity index (χ1) is 12.3. The number of hydrogen-bond acceptors (Lipinski definition) is 6. The molecule has 26 heavy (non-hydrogen) atoms. The molecule has 0 radical (unpaired) electrons. The topological polar surface area (TPSA) is 73.9 Å². The number of nitrogens with one attached hydrogen (secondary N) is 1. The van der Waals surface area contributed by atoms with Gasteiger partial charge in [0.1, 0.15) is 5.57 Å². The average molecular weight is 379 g/mol. The van der Waals surface area contributed by atoms with E-state index in [1.807, 2.05) is 0 Å². The van der Waals surface area contributed by atoms with Crippen molar-refractivity contribution in [3.63, 3.8) is 0 Å². The number of carbonyl (C=O) groups is 2. The lowest BCUT2D eigenvalue weighted by atomic mass is 10.0. The van der Waals surface area contributed by atoms with Gasteiger partial charge in [-0.2, -0.15) is 0 Å². The van der Waals surface area contributed by atoms with Crippen LogP contribution < -0.4 is 5.32 Å². The molecule has 0 aliphatic heterocycles. The Balaban J connectivity index is 3.22. The summed E-state index contributed by atoms with van der Waals surface area (Å²) in [5.41, 5.74) is -1.90. The largest absolute Gasteiger partial charge is 0.462 e. The molecular weight excluding hydrogens is 362 g/mol. The van der Waals surface area contributed by atoms with E-state index in [-0.39, 0.29) is 19.2 Å². The average Bonchev–Trinajstić information content (AvgIpc) is 2.62. The molecule has 0 heterocycles. The third-order valence-corrected chi connectivity index (χ3v) is 3.14. The molecule has 0 saturated heterocycles. The third-order valence-electron chi connectivity index (χ3n) is 3.14. The first-order valence-corrected chi connectivity index (χ1v) is 7.32. The minimum Gasteiger partial charge on any atom is -0.462 e. The molecule has 0 unspecified atom stereocenters. The highest BCUT2D eigenvalue weighted by Gasteiger charge is 2.28. The predicted octanol–water partition coefficient (Wildman–Crippen LogP) is 2.08. The molecule has 0 spiro atoms.